The number of nitrogens with two attached hydrogens (primary N) is 1. The van der Waals surface area contributed by atoms with Crippen molar-refractivity contribution < 1.29 is 0 Å². The zero-order valence-corrected chi connectivity index (χ0v) is 11.8. The maximum absolute atomic E-state index is 12.2. The lowest BCUT2D eigenvalue weighted by molar-refractivity contribution is 0.561. The zero-order chi connectivity index (χ0) is 14.5. The van der Waals surface area contributed by atoms with E-state index in [2.05, 4.69) is 11.8 Å². The van der Waals surface area contributed by atoms with E-state index in [1.165, 1.54) is 0 Å². The largest absolute Gasteiger partial charge is 0.328 e. The SMILES string of the molecule is CC(C)n1ccn(Cc2cccc(C#CCN)c2)c1=O. The summed E-state index contributed by atoms with van der Waals surface area (Å²) >= 11 is 0. The predicted octanol–water partition coefficient (Wildman–Crippen LogP) is 1.59. The van der Waals surface area contributed by atoms with Crippen molar-refractivity contribution in [3.05, 3.63) is 58.3 Å². The Morgan fingerprint density at radius 2 is 2.10 bits per heavy atom. The number of imidazole rings is 1. The molecule has 0 aliphatic rings. The smallest absolute Gasteiger partial charge is 0.320 e. The molecule has 0 bridgehead atoms. The molecule has 2 N–H and O–H groups in total. The van der Waals surface area contributed by atoms with E-state index >= 15 is 0 Å². The molecule has 2 rings (SSSR count). The molecule has 4 heteroatoms. The van der Waals surface area contributed by atoms with Crippen molar-refractivity contribution in [3.63, 3.8) is 0 Å². The third kappa shape index (κ3) is 3.19. The number of aromatic nitrogens is 2. The highest BCUT2D eigenvalue weighted by Gasteiger charge is 2.06. The van der Waals surface area contributed by atoms with Gasteiger partial charge in [-0.25, -0.2) is 4.79 Å². The van der Waals surface area contributed by atoms with Crippen LogP contribution in [0.2, 0.25) is 0 Å². The number of hydrogen-bond acceptors (Lipinski definition) is 2. The van der Waals surface area contributed by atoms with E-state index in [1.807, 2.05) is 50.5 Å². The zero-order valence-electron chi connectivity index (χ0n) is 11.8. The lowest BCUT2D eigenvalue weighted by Crippen LogP contribution is -2.25. The average molecular weight is 269 g/mol. The Balaban J connectivity index is 2.24. The first kappa shape index (κ1) is 14.2. The summed E-state index contributed by atoms with van der Waals surface area (Å²) in [5, 5.41) is 0. The van der Waals surface area contributed by atoms with Crippen LogP contribution in [0.5, 0.6) is 0 Å². The van der Waals surface area contributed by atoms with Gasteiger partial charge in [-0.2, -0.15) is 0 Å². The summed E-state index contributed by atoms with van der Waals surface area (Å²) < 4.78 is 3.42. The van der Waals surface area contributed by atoms with Crippen molar-refractivity contribution in [1.29, 1.82) is 0 Å². The molecule has 2 aromatic rings. The molecular weight excluding hydrogens is 250 g/mol. The summed E-state index contributed by atoms with van der Waals surface area (Å²) in [7, 11) is 0. The molecule has 0 unspecified atom stereocenters. The average Bonchev–Trinajstić information content (AvgIpc) is 2.78. The van der Waals surface area contributed by atoms with Gasteiger partial charge in [-0.15, -0.1) is 0 Å². The van der Waals surface area contributed by atoms with E-state index in [-0.39, 0.29) is 11.7 Å². The Labute approximate surface area is 118 Å². The van der Waals surface area contributed by atoms with Gasteiger partial charge in [0, 0.05) is 24.0 Å². The topological polar surface area (TPSA) is 52.9 Å². The number of hydrogen-bond donors (Lipinski definition) is 1. The number of benzene rings is 1. The van der Waals surface area contributed by atoms with E-state index in [9.17, 15) is 4.79 Å². The molecule has 20 heavy (non-hydrogen) atoms. The van der Waals surface area contributed by atoms with Crippen LogP contribution in [-0.4, -0.2) is 15.7 Å². The minimum absolute atomic E-state index is 0.0124. The lowest BCUT2D eigenvalue weighted by Gasteiger charge is -2.05. The van der Waals surface area contributed by atoms with Gasteiger partial charge in [-0.3, -0.25) is 9.13 Å². The molecule has 1 heterocycles. The van der Waals surface area contributed by atoms with Gasteiger partial charge in [-0.1, -0.05) is 24.0 Å². The summed E-state index contributed by atoms with van der Waals surface area (Å²) in [5.41, 5.74) is 7.35. The van der Waals surface area contributed by atoms with Crippen molar-refractivity contribution in [2.45, 2.75) is 26.4 Å². The van der Waals surface area contributed by atoms with Crippen LogP contribution < -0.4 is 11.4 Å². The van der Waals surface area contributed by atoms with Gasteiger partial charge >= 0.3 is 5.69 Å². The van der Waals surface area contributed by atoms with Crippen LogP contribution in [-0.2, 0) is 6.54 Å². The van der Waals surface area contributed by atoms with Gasteiger partial charge in [0.2, 0.25) is 0 Å². The van der Waals surface area contributed by atoms with Crippen LogP contribution in [0.4, 0.5) is 0 Å². The van der Waals surface area contributed by atoms with Gasteiger partial charge in [0.05, 0.1) is 13.1 Å². The van der Waals surface area contributed by atoms with Crippen LogP contribution in [0.15, 0.2) is 41.5 Å². The Bertz CT molecular complexity index is 698. The number of nitrogens with zero attached hydrogens (tertiary/aromatic N) is 2. The molecule has 0 spiro atoms. The molecule has 104 valence electrons. The summed E-state index contributed by atoms with van der Waals surface area (Å²) in [5.74, 6) is 5.83. The quantitative estimate of drug-likeness (QED) is 0.860. The van der Waals surface area contributed by atoms with E-state index < -0.39 is 0 Å². The van der Waals surface area contributed by atoms with Crippen LogP contribution in [0, 0.1) is 11.8 Å². The summed E-state index contributed by atoms with van der Waals surface area (Å²) in [6.07, 6.45) is 3.64. The van der Waals surface area contributed by atoms with Crippen molar-refractivity contribution in [3.8, 4) is 11.8 Å². The fraction of sp³-hybridized carbons (Fsp3) is 0.312. The van der Waals surface area contributed by atoms with Crippen molar-refractivity contribution in [1.82, 2.24) is 9.13 Å². The highest BCUT2D eigenvalue weighted by atomic mass is 16.1. The van der Waals surface area contributed by atoms with E-state index in [1.54, 1.807) is 9.13 Å². The normalized spacial score (nSPS) is 10.4. The molecule has 1 aromatic heterocycles. The molecular formula is C16H19N3O. The monoisotopic (exact) mass is 269 g/mol. The molecule has 4 nitrogen and oxygen atoms in total. The van der Waals surface area contributed by atoms with E-state index in [0.717, 1.165) is 11.1 Å². The fourth-order valence-corrected chi connectivity index (χ4v) is 2.04. The van der Waals surface area contributed by atoms with Crippen LogP contribution >= 0.6 is 0 Å². The highest BCUT2D eigenvalue weighted by molar-refractivity contribution is 5.37. The van der Waals surface area contributed by atoms with Crippen molar-refractivity contribution in [2.24, 2.45) is 5.73 Å². The maximum atomic E-state index is 12.2. The van der Waals surface area contributed by atoms with Crippen LogP contribution in [0.25, 0.3) is 0 Å². The fourth-order valence-electron chi connectivity index (χ4n) is 2.04. The summed E-state index contributed by atoms with van der Waals surface area (Å²) in [4.78, 5) is 12.2. The van der Waals surface area contributed by atoms with Gasteiger partial charge in [-0.05, 0) is 31.5 Å². The molecule has 0 amide bonds. The molecule has 1 aromatic carbocycles. The molecule has 0 aliphatic heterocycles. The first-order chi connectivity index (χ1) is 9.61. The lowest BCUT2D eigenvalue weighted by atomic mass is 10.1. The summed E-state index contributed by atoms with van der Waals surface area (Å²) in [6.45, 7) is 4.89. The molecule has 0 saturated heterocycles. The summed E-state index contributed by atoms with van der Waals surface area (Å²) in [6, 6.07) is 8.04. The van der Waals surface area contributed by atoms with Gasteiger partial charge < -0.3 is 5.73 Å². The standard InChI is InChI=1S/C16H19N3O/c1-13(2)19-10-9-18(16(19)20)12-15-6-3-5-14(11-15)7-4-8-17/h3,5-6,9-11,13H,8,12,17H2,1-2H3. The molecule has 0 aliphatic carbocycles. The maximum Gasteiger partial charge on any atom is 0.328 e. The van der Waals surface area contributed by atoms with Gasteiger partial charge in [0.25, 0.3) is 0 Å². The molecule has 0 fully saturated rings. The van der Waals surface area contributed by atoms with Gasteiger partial charge in [0.15, 0.2) is 0 Å². The van der Waals surface area contributed by atoms with E-state index in [0.29, 0.717) is 13.1 Å². The second-order valence-electron chi connectivity index (χ2n) is 4.92. The van der Waals surface area contributed by atoms with Crippen LogP contribution in [0.3, 0.4) is 0 Å². The Morgan fingerprint density at radius 1 is 1.30 bits per heavy atom. The van der Waals surface area contributed by atoms with E-state index in [4.69, 9.17) is 5.73 Å². The Morgan fingerprint density at radius 3 is 2.75 bits per heavy atom. The first-order valence-electron chi connectivity index (χ1n) is 6.67. The highest BCUT2D eigenvalue weighted by Crippen LogP contribution is 2.06. The molecule has 0 saturated carbocycles. The minimum Gasteiger partial charge on any atom is -0.320 e. The Kier molecular flexibility index (Phi) is 4.44. The third-order valence-electron chi connectivity index (χ3n) is 3.04. The second kappa shape index (κ2) is 6.27. The Hall–Kier alpha value is -2.25. The van der Waals surface area contributed by atoms with Crippen molar-refractivity contribution >= 4 is 0 Å². The predicted molar refractivity (Wildman–Crippen MR) is 80.6 cm³/mol. The minimum atomic E-state index is 0.0124. The van der Waals surface area contributed by atoms with Crippen molar-refractivity contribution in [2.75, 3.05) is 6.54 Å². The molecule has 0 atom stereocenters. The third-order valence-corrected chi connectivity index (χ3v) is 3.04. The van der Waals surface area contributed by atoms with Crippen LogP contribution in [0.1, 0.15) is 31.0 Å². The number of rotatable bonds is 3. The second-order valence-corrected chi connectivity index (χ2v) is 4.92. The van der Waals surface area contributed by atoms with Gasteiger partial charge in [0.1, 0.15) is 0 Å². The first-order valence-corrected chi connectivity index (χ1v) is 6.67. The molecule has 0 radical (unpaired) electrons.